The first-order valence-electron chi connectivity index (χ1n) is 6.09. The van der Waals surface area contributed by atoms with E-state index in [9.17, 15) is 0 Å². The standard InChI is InChI=1S/C7H11N3/c1-2-4-7-8-6-9-10(7)5-3-1/h6H,1-5H2/i1D2,3D2,5D2. The third-order valence-corrected chi connectivity index (χ3v) is 1.34. The zero-order chi connectivity index (χ0) is 12.2. The Bertz CT molecular complexity index is 412. The minimum Gasteiger partial charge on any atom is -0.250 e. The van der Waals surface area contributed by atoms with Crippen molar-refractivity contribution in [3.8, 4) is 0 Å². The third-order valence-electron chi connectivity index (χ3n) is 1.34. The zero-order valence-corrected chi connectivity index (χ0v) is 5.33. The molecule has 0 spiro atoms. The molecule has 0 saturated carbocycles. The Balaban J connectivity index is 2.61. The van der Waals surface area contributed by atoms with Crippen LogP contribution in [0.1, 0.15) is 33.2 Å². The molecule has 0 amide bonds. The molecule has 2 rings (SSSR count). The SMILES string of the molecule is [2H]C1([2H])CCc2ncnn2C([2H])([2H])C1([2H])[2H]. The predicted molar refractivity (Wildman–Crippen MR) is 37.6 cm³/mol. The minimum absolute atomic E-state index is 0.113. The summed E-state index contributed by atoms with van der Waals surface area (Å²) in [5.41, 5.74) is 0. The smallest absolute Gasteiger partial charge is 0.138 e. The van der Waals surface area contributed by atoms with E-state index in [1.54, 1.807) is 0 Å². The normalized spacial score (nSPS) is 42.0. The van der Waals surface area contributed by atoms with Crippen LogP contribution in [-0.2, 0) is 12.9 Å². The molecule has 0 bridgehead atoms. The van der Waals surface area contributed by atoms with E-state index in [1.165, 1.54) is 0 Å². The first-order chi connectivity index (χ1) is 7.20. The van der Waals surface area contributed by atoms with E-state index >= 15 is 0 Å². The lowest BCUT2D eigenvalue weighted by molar-refractivity contribution is 0.575. The van der Waals surface area contributed by atoms with Crippen molar-refractivity contribution in [3.63, 3.8) is 0 Å². The first-order valence-corrected chi connectivity index (χ1v) is 3.09. The van der Waals surface area contributed by atoms with Crippen molar-refractivity contribution >= 4 is 0 Å². The molecule has 0 fully saturated rings. The number of aromatic nitrogens is 3. The second-order valence-corrected chi connectivity index (χ2v) is 2.00. The lowest BCUT2D eigenvalue weighted by atomic mass is 10.2. The average molecular weight is 143 g/mol. The van der Waals surface area contributed by atoms with E-state index < -0.39 is 19.2 Å². The molecule has 0 aliphatic carbocycles. The highest BCUT2D eigenvalue weighted by molar-refractivity contribution is 4.86. The molecule has 0 aromatic carbocycles. The molecule has 1 aliphatic rings. The van der Waals surface area contributed by atoms with E-state index in [0.29, 0.717) is 0 Å². The van der Waals surface area contributed by atoms with E-state index in [-0.39, 0.29) is 18.7 Å². The van der Waals surface area contributed by atoms with Crippen molar-refractivity contribution in [2.45, 2.75) is 32.1 Å². The summed E-state index contributed by atoms with van der Waals surface area (Å²) in [6.07, 6.45) is -3.69. The van der Waals surface area contributed by atoms with Gasteiger partial charge in [0.05, 0.1) is 2.74 Å². The summed E-state index contributed by atoms with van der Waals surface area (Å²) >= 11 is 0. The van der Waals surface area contributed by atoms with Gasteiger partial charge < -0.3 is 0 Å². The van der Waals surface area contributed by atoms with E-state index in [4.69, 9.17) is 8.22 Å². The van der Waals surface area contributed by atoms with Crippen LogP contribution < -0.4 is 0 Å². The average Bonchev–Trinajstić information content (AvgIpc) is 2.60. The van der Waals surface area contributed by atoms with Crippen LogP contribution in [0.3, 0.4) is 0 Å². The number of rotatable bonds is 0. The van der Waals surface area contributed by atoms with Gasteiger partial charge in [0.25, 0.3) is 0 Å². The van der Waals surface area contributed by atoms with Gasteiger partial charge in [0.2, 0.25) is 0 Å². The van der Waals surface area contributed by atoms with Gasteiger partial charge in [-0.3, -0.25) is 4.68 Å². The molecule has 0 N–H and O–H groups in total. The molecule has 0 unspecified atom stereocenters. The van der Waals surface area contributed by atoms with Gasteiger partial charge in [0, 0.05) is 18.4 Å². The highest BCUT2D eigenvalue weighted by Crippen LogP contribution is 2.09. The summed E-state index contributed by atoms with van der Waals surface area (Å²) in [6, 6.07) is 0. The van der Waals surface area contributed by atoms with E-state index in [0.717, 1.165) is 11.0 Å². The lowest BCUT2D eigenvalue weighted by Crippen LogP contribution is -2.01. The van der Waals surface area contributed by atoms with Gasteiger partial charge >= 0.3 is 0 Å². The molecule has 1 aliphatic heterocycles. The third kappa shape index (κ3) is 0.916. The molecule has 3 heteroatoms. The van der Waals surface area contributed by atoms with Crippen LogP contribution >= 0.6 is 0 Å². The molecule has 0 saturated heterocycles. The second kappa shape index (κ2) is 2.40. The lowest BCUT2D eigenvalue weighted by Gasteiger charge is -1.96. The van der Waals surface area contributed by atoms with Gasteiger partial charge in [0.1, 0.15) is 12.2 Å². The van der Waals surface area contributed by atoms with E-state index in [1.807, 2.05) is 0 Å². The molecular formula is C7H11N3. The van der Waals surface area contributed by atoms with Crippen molar-refractivity contribution in [2.24, 2.45) is 0 Å². The van der Waals surface area contributed by atoms with Crippen molar-refractivity contribution in [1.29, 1.82) is 0 Å². The van der Waals surface area contributed by atoms with Gasteiger partial charge in [-0.25, -0.2) is 4.98 Å². The number of hydrogen-bond acceptors (Lipinski definition) is 2. The van der Waals surface area contributed by atoms with Gasteiger partial charge in [0.15, 0.2) is 0 Å². The summed E-state index contributed by atoms with van der Waals surface area (Å²) in [6.45, 7) is -2.54. The quantitative estimate of drug-likeness (QED) is 0.542. The van der Waals surface area contributed by atoms with Crippen LogP contribution in [0.2, 0.25) is 0 Å². The van der Waals surface area contributed by atoms with Gasteiger partial charge in [-0.15, -0.1) is 0 Å². The van der Waals surface area contributed by atoms with Gasteiger partial charge in [-0.05, 0) is 12.8 Å². The summed E-state index contributed by atoms with van der Waals surface area (Å²) in [5.74, 6) is 0.273. The number of aryl methyl sites for hydroxylation is 2. The Morgan fingerprint density at radius 3 is 3.60 bits per heavy atom. The Labute approximate surface area is 68.5 Å². The maximum atomic E-state index is 7.74. The molecule has 54 valence electrons. The van der Waals surface area contributed by atoms with Crippen molar-refractivity contribution in [3.05, 3.63) is 12.2 Å². The summed E-state index contributed by atoms with van der Waals surface area (Å²) in [7, 11) is 0. The fourth-order valence-corrected chi connectivity index (χ4v) is 0.859. The molecule has 3 nitrogen and oxygen atoms in total. The topological polar surface area (TPSA) is 30.7 Å². The van der Waals surface area contributed by atoms with Crippen LogP contribution in [0, 0.1) is 0 Å². The maximum Gasteiger partial charge on any atom is 0.138 e. The Kier molecular flexibility index (Phi) is 0.559. The van der Waals surface area contributed by atoms with Crippen LogP contribution in [-0.4, -0.2) is 14.8 Å². The van der Waals surface area contributed by atoms with Crippen molar-refractivity contribution in [1.82, 2.24) is 14.8 Å². The Morgan fingerprint density at radius 2 is 2.60 bits per heavy atom. The van der Waals surface area contributed by atoms with Crippen LogP contribution in [0.5, 0.6) is 0 Å². The summed E-state index contributed by atoms with van der Waals surface area (Å²) < 4.78 is 46.9. The Morgan fingerprint density at radius 1 is 1.60 bits per heavy atom. The van der Waals surface area contributed by atoms with E-state index in [2.05, 4.69) is 10.1 Å². The van der Waals surface area contributed by atoms with Crippen molar-refractivity contribution < 1.29 is 8.22 Å². The molecule has 2 heterocycles. The van der Waals surface area contributed by atoms with Gasteiger partial charge in [-0.1, -0.05) is 6.37 Å². The first kappa shape index (κ1) is 2.32. The Hall–Kier alpha value is -0.860. The van der Waals surface area contributed by atoms with Crippen LogP contribution in [0.4, 0.5) is 0 Å². The fourth-order valence-electron chi connectivity index (χ4n) is 0.859. The molecule has 1 aromatic rings. The highest BCUT2D eigenvalue weighted by Gasteiger charge is 2.06. The predicted octanol–water partition coefficient (Wildman–Crippen LogP) is 1.00. The monoisotopic (exact) mass is 143 g/mol. The number of nitrogens with zero attached hydrogens (tertiary/aromatic N) is 3. The van der Waals surface area contributed by atoms with Crippen molar-refractivity contribution in [2.75, 3.05) is 0 Å². The molecule has 0 radical (unpaired) electrons. The largest absolute Gasteiger partial charge is 0.250 e. The molecule has 10 heavy (non-hydrogen) atoms. The van der Waals surface area contributed by atoms with Crippen LogP contribution in [0.15, 0.2) is 6.33 Å². The fraction of sp³-hybridized carbons (Fsp3) is 0.714. The molecule has 1 aromatic heterocycles. The number of fused-ring (bicyclic) bond motifs is 1. The number of hydrogen-bond donors (Lipinski definition) is 0. The summed E-state index contributed by atoms with van der Waals surface area (Å²) in [5, 5.41) is 3.65. The highest BCUT2D eigenvalue weighted by atomic mass is 15.3. The summed E-state index contributed by atoms with van der Waals surface area (Å²) in [4.78, 5) is 3.82. The van der Waals surface area contributed by atoms with Gasteiger partial charge in [-0.2, -0.15) is 5.10 Å². The zero-order valence-electron chi connectivity index (χ0n) is 11.3. The maximum absolute atomic E-state index is 7.74. The molecular weight excluding hydrogens is 126 g/mol. The second-order valence-electron chi connectivity index (χ2n) is 2.00. The van der Waals surface area contributed by atoms with Crippen LogP contribution in [0.25, 0.3) is 0 Å². The minimum atomic E-state index is -2.65. The molecule has 0 atom stereocenters.